The van der Waals surface area contributed by atoms with Gasteiger partial charge in [-0.05, 0) is 0 Å². The lowest BCUT2D eigenvalue weighted by atomic mass is 10.2. The summed E-state index contributed by atoms with van der Waals surface area (Å²) in [5.41, 5.74) is 0. The van der Waals surface area contributed by atoms with Gasteiger partial charge in [0, 0.05) is 0 Å². The molecule has 0 aliphatic carbocycles. The fraction of sp³-hybridized carbons (Fsp3) is 1.00. The van der Waals surface area contributed by atoms with Crippen LogP contribution in [0.15, 0.2) is 0 Å². The van der Waals surface area contributed by atoms with Crippen molar-refractivity contribution in [1.29, 1.82) is 0 Å². The van der Waals surface area contributed by atoms with E-state index in [4.69, 9.17) is 0 Å². The molecule has 0 aromatic rings. The minimum Gasteiger partial charge on any atom is -0.272 e. The maximum absolute atomic E-state index is 14.2. The van der Waals surface area contributed by atoms with Gasteiger partial charge in [-0.1, -0.05) is 0 Å². The quantitative estimate of drug-likeness (QED) is 0.185. The number of halogens is 29. The molecule has 33 heteroatoms. The van der Waals surface area contributed by atoms with Gasteiger partial charge in [-0.2, -0.15) is 123 Å². The molecule has 284 valence electrons. The fourth-order valence-corrected chi connectivity index (χ4v) is 2.01. The molecule has 0 amide bonds. The number of hydrogen-bond acceptors (Lipinski definition) is 4. The number of rotatable bonds is 12. The van der Waals surface area contributed by atoms with Gasteiger partial charge in [0.15, 0.2) is 0 Å². The minimum atomic E-state index is -9.13. The molecule has 0 aliphatic heterocycles. The highest BCUT2D eigenvalue weighted by atomic mass is 19.4. The molecule has 0 N–H and O–H groups in total. The average Bonchev–Trinajstić information content (AvgIpc) is 2.73. The molecule has 0 aromatic heterocycles. The van der Waals surface area contributed by atoms with Crippen LogP contribution in [0.25, 0.3) is 0 Å². The van der Waals surface area contributed by atoms with Crippen molar-refractivity contribution in [2.24, 2.45) is 0 Å². The van der Waals surface area contributed by atoms with Crippen LogP contribution in [-0.2, 0) is 18.9 Å². The first-order valence-corrected chi connectivity index (χ1v) is 9.46. The SMILES string of the molecule is F[C@@H](OC(F)(F)[C@](F)(OC(F)(F)[C@@](F)(OC(F)(F)[C@@](F)(OC(F)(F)C(F)(F)C(F)(F)F)C(F)(F)F)C(F)(F)F)C(F)(F)F)C(F)(F)F. The van der Waals surface area contributed by atoms with E-state index in [1.54, 1.807) is 0 Å². The van der Waals surface area contributed by atoms with E-state index in [9.17, 15) is 127 Å². The average molecular weight is 784 g/mol. The van der Waals surface area contributed by atoms with E-state index >= 15 is 0 Å². The van der Waals surface area contributed by atoms with Crippen molar-refractivity contribution in [1.82, 2.24) is 0 Å². The first-order chi connectivity index (χ1) is 19.7. The molecule has 0 radical (unpaired) electrons. The second kappa shape index (κ2) is 11.7. The highest BCUT2D eigenvalue weighted by molar-refractivity contribution is 4.98. The van der Waals surface area contributed by atoms with Crippen molar-refractivity contribution in [3.63, 3.8) is 0 Å². The molecule has 0 aliphatic rings. The van der Waals surface area contributed by atoms with Gasteiger partial charge >= 0.3 is 78.8 Å². The summed E-state index contributed by atoms with van der Waals surface area (Å²) >= 11 is 0. The van der Waals surface area contributed by atoms with Crippen molar-refractivity contribution >= 4 is 0 Å². The van der Waals surface area contributed by atoms with Crippen LogP contribution in [0, 0.1) is 0 Å². The van der Waals surface area contributed by atoms with Crippen LogP contribution in [0.5, 0.6) is 0 Å². The lowest BCUT2D eigenvalue weighted by molar-refractivity contribution is -0.590. The Balaban J connectivity index is 7.48. The van der Waals surface area contributed by atoms with E-state index in [2.05, 4.69) is 0 Å². The molecule has 0 aromatic carbocycles. The molecule has 0 saturated carbocycles. The Hall–Kier alpha value is -2.19. The molecule has 0 fully saturated rings. The zero-order chi connectivity index (χ0) is 38.9. The number of hydrogen-bond donors (Lipinski definition) is 0. The fourth-order valence-electron chi connectivity index (χ4n) is 2.01. The zero-order valence-corrected chi connectivity index (χ0v) is 19.7. The van der Waals surface area contributed by atoms with Crippen LogP contribution < -0.4 is 0 Å². The van der Waals surface area contributed by atoms with E-state index in [-0.39, 0.29) is 0 Å². The summed E-state index contributed by atoms with van der Waals surface area (Å²) in [6.45, 7) is 0. The second-order valence-corrected chi connectivity index (χ2v) is 7.70. The smallest absolute Gasteiger partial charge is 0.272 e. The van der Waals surface area contributed by atoms with E-state index in [1.807, 2.05) is 0 Å². The molecule has 0 rings (SSSR count). The molecule has 4 atom stereocenters. The Morgan fingerprint density at radius 1 is 0.298 bits per heavy atom. The van der Waals surface area contributed by atoms with E-state index in [1.165, 1.54) is 4.74 Å². The minimum absolute atomic E-state index is 0.844. The van der Waals surface area contributed by atoms with Gasteiger partial charge in [-0.25, -0.2) is 4.39 Å². The van der Waals surface area contributed by atoms with E-state index < -0.39 is 85.2 Å². The summed E-state index contributed by atoms with van der Waals surface area (Å²) in [4.78, 5) is 0. The largest absolute Gasteiger partial charge is 0.462 e. The second-order valence-electron chi connectivity index (χ2n) is 7.70. The third-order valence-electron chi connectivity index (χ3n) is 4.25. The third-order valence-corrected chi connectivity index (χ3v) is 4.25. The molecule has 0 unspecified atom stereocenters. The van der Waals surface area contributed by atoms with Gasteiger partial charge in [0.2, 0.25) is 0 Å². The van der Waals surface area contributed by atoms with Gasteiger partial charge in [0.25, 0.3) is 6.36 Å². The van der Waals surface area contributed by atoms with Crippen LogP contribution in [0.1, 0.15) is 0 Å². The lowest BCUT2D eigenvalue weighted by Gasteiger charge is -2.43. The molecular weight excluding hydrogens is 783 g/mol. The maximum atomic E-state index is 14.2. The van der Waals surface area contributed by atoms with Crippen molar-refractivity contribution in [3.8, 4) is 0 Å². The Kier molecular flexibility index (Phi) is 11.2. The summed E-state index contributed by atoms with van der Waals surface area (Å²) in [6, 6.07) is 0. The Morgan fingerprint density at radius 3 is 0.745 bits per heavy atom. The normalized spacial score (nSPS) is 20.4. The van der Waals surface area contributed by atoms with Gasteiger partial charge in [0.1, 0.15) is 0 Å². The third kappa shape index (κ3) is 7.84. The van der Waals surface area contributed by atoms with Gasteiger partial charge in [0.05, 0.1) is 0 Å². The predicted molar refractivity (Wildman–Crippen MR) is 75.8 cm³/mol. The molecule has 0 saturated heterocycles. The van der Waals surface area contributed by atoms with Gasteiger partial charge in [-0.15, -0.1) is 0 Å². The molecular formula is C14HF29O4. The van der Waals surface area contributed by atoms with Crippen LogP contribution in [-0.4, -0.2) is 85.2 Å². The van der Waals surface area contributed by atoms with Crippen LogP contribution in [0.4, 0.5) is 127 Å². The molecule has 4 nitrogen and oxygen atoms in total. The first kappa shape index (κ1) is 44.8. The summed E-state index contributed by atoms with van der Waals surface area (Å²) < 4.78 is 381. The van der Waals surface area contributed by atoms with Crippen molar-refractivity contribution in [3.05, 3.63) is 0 Å². The highest BCUT2D eigenvalue weighted by Gasteiger charge is 2.89. The number of alkyl halides is 29. The van der Waals surface area contributed by atoms with E-state index in [0.717, 1.165) is 14.2 Å². The molecule has 47 heavy (non-hydrogen) atoms. The summed E-state index contributed by atoms with van der Waals surface area (Å²) in [5, 5.41) is 0. The predicted octanol–water partition coefficient (Wildman–Crippen LogP) is 9.16. The lowest BCUT2D eigenvalue weighted by Crippen LogP contribution is -2.71. The maximum Gasteiger partial charge on any atom is 0.462 e. The summed E-state index contributed by atoms with van der Waals surface area (Å²) in [6.07, 6.45) is -81.9. The molecule has 0 bridgehead atoms. The van der Waals surface area contributed by atoms with Crippen LogP contribution in [0.2, 0.25) is 0 Å². The van der Waals surface area contributed by atoms with Crippen molar-refractivity contribution in [2.45, 2.75) is 85.2 Å². The van der Waals surface area contributed by atoms with E-state index in [0.29, 0.717) is 0 Å². The molecule has 0 spiro atoms. The Labute approximate surface area is 233 Å². The van der Waals surface area contributed by atoms with Crippen molar-refractivity contribution in [2.75, 3.05) is 0 Å². The molecule has 0 heterocycles. The highest BCUT2D eigenvalue weighted by Crippen LogP contribution is 2.60. The monoisotopic (exact) mass is 784 g/mol. The summed E-state index contributed by atoms with van der Waals surface area (Å²) in [7, 11) is 0. The van der Waals surface area contributed by atoms with Crippen LogP contribution >= 0.6 is 0 Å². The Bertz CT molecular complexity index is 1080. The topological polar surface area (TPSA) is 36.9 Å². The first-order valence-electron chi connectivity index (χ1n) is 9.46. The van der Waals surface area contributed by atoms with Crippen LogP contribution in [0.3, 0.4) is 0 Å². The van der Waals surface area contributed by atoms with Crippen molar-refractivity contribution < 1.29 is 146 Å². The summed E-state index contributed by atoms with van der Waals surface area (Å²) in [5.74, 6) is -35.1. The standard InChI is InChI=1S/C14HF29O4/c15-1(2(16,17)18)44-12(38,39)4(21,8(27,28)29)46-14(42,43)6(23,10(33,34)35)47-13(40,41)5(22,9(30,31)32)45-11(36,37)3(19,20)7(24,25)26/h1H/t1-,4+,5-,6-/m0/s1. The zero-order valence-electron chi connectivity index (χ0n) is 19.7. The van der Waals surface area contributed by atoms with Gasteiger partial charge in [-0.3, -0.25) is 18.9 Å². The Morgan fingerprint density at radius 2 is 0.532 bits per heavy atom. The number of ether oxygens (including phenoxy) is 4. The van der Waals surface area contributed by atoms with Gasteiger partial charge < -0.3 is 0 Å².